The van der Waals surface area contributed by atoms with Crippen LogP contribution in [0.4, 0.5) is 0 Å². The number of carbonyl (C=O) groups excluding carboxylic acids is 1. The Bertz CT molecular complexity index is 726. The van der Waals surface area contributed by atoms with E-state index in [1.807, 2.05) is 0 Å². The van der Waals surface area contributed by atoms with E-state index in [1.165, 1.54) is 12.1 Å². The highest BCUT2D eigenvalue weighted by Crippen LogP contribution is 2.17. The number of morpholine rings is 1. The average Bonchev–Trinajstić information content (AvgIpc) is 2.54. The average molecular weight is 369 g/mol. The first-order valence-corrected chi connectivity index (χ1v) is 9.68. The molecule has 0 aromatic heterocycles. The van der Waals surface area contributed by atoms with Gasteiger partial charge in [0.25, 0.3) is 0 Å². The first kappa shape index (κ1) is 19.4. The summed E-state index contributed by atoms with van der Waals surface area (Å²) in [5, 5.41) is 8.32. The Morgan fingerprint density at radius 1 is 1.28 bits per heavy atom. The molecule has 1 unspecified atom stereocenters. The molecule has 1 aliphatic rings. The van der Waals surface area contributed by atoms with Gasteiger partial charge in [-0.15, -0.1) is 0 Å². The number of carboxylic acids is 1. The minimum atomic E-state index is -3.33. The molecule has 1 fully saturated rings. The smallest absolute Gasteiger partial charge is 0.306 e. The van der Waals surface area contributed by atoms with E-state index >= 15 is 0 Å². The van der Waals surface area contributed by atoms with Gasteiger partial charge in [0.05, 0.1) is 35.7 Å². The number of carboxylic acid groups (broad SMARTS) is 1. The Kier molecular flexibility index (Phi) is 6.18. The van der Waals surface area contributed by atoms with Crippen molar-refractivity contribution >= 4 is 21.7 Å². The molecule has 1 atom stereocenters. The molecular formula is C17H23NO6S. The van der Waals surface area contributed by atoms with Crippen LogP contribution in [0.3, 0.4) is 0 Å². The van der Waals surface area contributed by atoms with Gasteiger partial charge in [0.1, 0.15) is 0 Å². The quantitative estimate of drug-likeness (QED) is 0.806. The molecule has 2 rings (SSSR count). The van der Waals surface area contributed by atoms with Crippen LogP contribution in [0, 0.1) is 0 Å². The van der Waals surface area contributed by atoms with Gasteiger partial charge in [-0.25, -0.2) is 8.42 Å². The standard InChI is InChI=1S/C17H23NO6S/c1-12(2)25(22,23)15-5-3-13(4-6-15)9-16(19)18-7-8-24-14(11-18)10-17(20)21/h3-6,12,14H,7-11H2,1-2H3,(H,20,21). The van der Waals surface area contributed by atoms with Gasteiger partial charge in [-0.1, -0.05) is 12.1 Å². The Hall–Kier alpha value is -1.93. The zero-order chi connectivity index (χ0) is 18.6. The number of rotatable bonds is 6. The second-order valence-corrected chi connectivity index (χ2v) is 8.85. The van der Waals surface area contributed by atoms with E-state index in [2.05, 4.69) is 0 Å². The number of aliphatic carboxylic acids is 1. The van der Waals surface area contributed by atoms with Gasteiger partial charge in [-0.05, 0) is 31.5 Å². The second-order valence-electron chi connectivity index (χ2n) is 6.34. The Morgan fingerprint density at radius 2 is 1.92 bits per heavy atom. The van der Waals surface area contributed by atoms with Crippen LogP contribution in [0.1, 0.15) is 25.8 Å². The SMILES string of the molecule is CC(C)S(=O)(=O)c1ccc(CC(=O)N2CCOC(CC(=O)O)C2)cc1. The molecule has 1 aromatic carbocycles. The van der Waals surface area contributed by atoms with Crippen LogP contribution in [0.25, 0.3) is 0 Å². The lowest BCUT2D eigenvalue weighted by atomic mass is 10.1. The van der Waals surface area contributed by atoms with Crippen LogP contribution in [0.5, 0.6) is 0 Å². The van der Waals surface area contributed by atoms with Crippen LogP contribution >= 0.6 is 0 Å². The molecule has 1 amide bonds. The van der Waals surface area contributed by atoms with Gasteiger partial charge < -0.3 is 14.7 Å². The summed E-state index contributed by atoms with van der Waals surface area (Å²) in [5.41, 5.74) is 0.717. The molecule has 138 valence electrons. The number of sulfone groups is 1. The van der Waals surface area contributed by atoms with Crippen molar-refractivity contribution in [3.63, 3.8) is 0 Å². The van der Waals surface area contributed by atoms with Gasteiger partial charge in [-0.3, -0.25) is 9.59 Å². The van der Waals surface area contributed by atoms with Crippen molar-refractivity contribution in [2.24, 2.45) is 0 Å². The van der Waals surface area contributed by atoms with E-state index in [0.717, 1.165) is 0 Å². The number of benzene rings is 1. The van der Waals surface area contributed by atoms with Gasteiger partial charge in [-0.2, -0.15) is 0 Å². The summed E-state index contributed by atoms with van der Waals surface area (Å²) in [7, 11) is -3.33. The lowest BCUT2D eigenvalue weighted by Crippen LogP contribution is -2.46. The molecule has 0 aliphatic carbocycles. The van der Waals surface area contributed by atoms with Crippen molar-refractivity contribution in [1.82, 2.24) is 4.90 Å². The van der Waals surface area contributed by atoms with Gasteiger partial charge in [0.2, 0.25) is 5.91 Å². The molecule has 0 spiro atoms. The number of hydrogen-bond donors (Lipinski definition) is 1. The summed E-state index contributed by atoms with van der Waals surface area (Å²) in [4.78, 5) is 25.0. The van der Waals surface area contributed by atoms with Crippen LogP contribution in [0.15, 0.2) is 29.2 Å². The van der Waals surface area contributed by atoms with Crippen molar-refractivity contribution in [3.8, 4) is 0 Å². The zero-order valence-corrected chi connectivity index (χ0v) is 15.2. The highest BCUT2D eigenvalue weighted by atomic mass is 32.2. The maximum atomic E-state index is 12.4. The van der Waals surface area contributed by atoms with Crippen molar-refractivity contribution in [1.29, 1.82) is 0 Å². The number of ether oxygens (including phenoxy) is 1. The van der Waals surface area contributed by atoms with Gasteiger partial charge >= 0.3 is 5.97 Å². The van der Waals surface area contributed by atoms with Gasteiger partial charge in [0.15, 0.2) is 9.84 Å². The fourth-order valence-electron chi connectivity index (χ4n) is 2.62. The topological polar surface area (TPSA) is 101 Å². The number of hydrogen-bond acceptors (Lipinski definition) is 5. The first-order valence-electron chi connectivity index (χ1n) is 8.14. The molecule has 7 nitrogen and oxygen atoms in total. The summed E-state index contributed by atoms with van der Waals surface area (Å²) in [6.07, 6.45) is -0.485. The molecule has 1 N–H and O–H groups in total. The van der Waals surface area contributed by atoms with Crippen molar-refractivity contribution < 1.29 is 27.9 Å². The Labute approximate surface area is 147 Å². The zero-order valence-electron chi connectivity index (χ0n) is 14.3. The third-order valence-corrected chi connectivity index (χ3v) is 6.29. The van der Waals surface area contributed by atoms with Crippen LogP contribution in [-0.2, 0) is 30.6 Å². The summed E-state index contributed by atoms with van der Waals surface area (Å²) < 4.78 is 29.6. The van der Waals surface area contributed by atoms with Crippen molar-refractivity contribution in [2.45, 2.75) is 42.9 Å². The maximum absolute atomic E-state index is 12.4. The minimum Gasteiger partial charge on any atom is -0.481 e. The van der Waals surface area contributed by atoms with Crippen molar-refractivity contribution in [3.05, 3.63) is 29.8 Å². The van der Waals surface area contributed by atoms with E-state index < -0.39 is 27.2 Å². The highest BCUT2D eigenvalue weighted by molar-refractivity contribution is 7.92. The number of nitrogens with zero attached hydrogens (tertiary/aromatic N) is 1. The number of amides is 1. The van der Waals surface area contributed by atoms with Gasteiger partial charge in [0, 0.05) is 13.1 Å². The molecule has 8 heteroatoms. The van der Waals surface area contributed by atoms with E-state index in [-0.39, 0.29) is 30.2 Å². The third-order valence-electron chi connectivity index (χ3n) is 4.12. The lowest BCUT2D eigenvalue weighted by Gasteiger charge is -2.32. The summed E-state index contributed by atoms with van der Waals surface area (Å²) in [6, 6.07) is 6.32. The molecule has 1 aliphatic heterocycles. The Balaban J connectivity index is 2.00. The molecule has 1 aromatic rings. The van der Waals surface area contributed by atoms with Crippen molar-refractivity contribution in [2.75, 3.05) is 19.7 Å². The monoisotopic (exact) mass is 369 g/mol. The highest BCUT2D eigenvalue weighted by Gasteiger charge is 2.26. The largest absolute Gasteiger partial charge is 0.481 e. The van der Waals surface area contributed by atoms with Crippen LogP contribution < -0.4 is 0 Å². The lowest BCUT2D eigenvalue weighted by molar-refractivity contribution is -0.147. The summed E-state index contributed by atoms with van der Waals surface area (Å²) in [6.45, 7) is 4.24. The Morgan fingerprint density at radius 3 is 2.48 bits per heavy atom. The van der Waals surface area contributed by atoms with Crippen LogP contribution in [-0.4, -0.2) is 61.4 Å². The van der Waals surface area contributed by atoms with E-state index in [1.54, 1.807) is 30.9 Å². The fourth-order valence-corrected chi connectivity index (χ4v) is 3.68. The van der Waals surface area contributed by atoms with E-state index in [9.17, 15) is 18.0 Å². The normalized spacial score (nSPS) is 18.4. The molecule has 0 bridgehead atoms. The molecular weight excluding hydrogens is 346 g/mol. The predicted molar refractivity (Wildman–Crippen MR) is 91.0 cm³/mol. The predicted octanol–water partition coefficient (Wildman–Crippen LogP) is 1.11. The molecule has 1 heterocycles. The van der Waals surface area contributed by atoms with Crippen LogP contribution in [0.2, 0.25) is 0 Å². The second kappa shape index (κ2) is 7.97. The fraction of sp³-hybridized carbons (Fsp3) is 0.529. The number of carbonyl (C=O) groups is 2. The van der Waals surface area contributed by atoms with E-state index in [0.29, 0.717) is 18.7 Å². The molecule has 0 saturated carbocycles. The summed E-state index contributed by atoms with van der Waals surface area (Å²) in [5.74, 6) is -1.08. The molecule has 1 saturated heterocycles. The summed E-state index contributed by atoms with van der Waals surface area (Å²) >= 11 is 0. The third kappa shape index (κ3) is 5.02. The maximum Gasteiger partial charge on any atom is 0.306 e. The van der Waals surface area contributed by atoms with E-state index in [4.69, 9.17) is 9.84 Å². The minimum absolute atomic E-state index is 0.127. The molecule has 25 heavy (non-hydrogen) atoms. The molecule has 0 radical (unpaired) electrons. The first-order chi connectivity index (χ1) is 11.7.